The molecule has 1 saturated heterocycles. The fourth-order valence-electron chi connectivity index (χ4n) is 2.07. The summed E-state index contributed by atoms with van der Waals surface area (Å²) < 4.78 is 12.7. The van der Waals surface area contributed by atoms with Gasteiger partial charge in [0.05, 0.1) is 0 Å². The Balaban J connectivity index is 2.01. The fraction of sp³-hybridized carbons (Fsp3) is 0.417. The molecule has 80 valence electrons. The average molecular weight is 207 g/mol. The van der Waals surface area contributed by atoms with Gasteiger partial charge in [-0.15, -0.1) is 0 Å². The van der Waals surface area contributed by atoms with Crippen LogP contribution in [0.1, 0.15) is 24.3 Å². The van der Waals surface area contributed by atoms with Crippen LogP contribution in [0, 0.1) is 5.82 Å². The summed E-state index contributed by atoms with van der Waals surface area (Å²) in [5.74, 6) is 0.283. The van der Waals surface area contributed by atoms with Gasteiger partial charge >= 0.3 is 0 Å². The summed E-state index contributed by atoms with van der Waals surface area (Å²) in [4.78, 5) is 12.3. The van der Waals surface area contributed by atoms with Gasteiger partial charge in [0.2, 0.25) is 6.41 Å². The Morgan fingerprint density at radius 1 is 1.20 bits per heavy atom. The molecule has 0 atom stereocenters. The van der Waals surface area contributed by atoms with E-state index in [1.807, 2.05) is 12.1 Å². The molecule has 1 aromatic carbocycles. The van der Waals surface area contributed by atoms with E-state index in [0.29, 0.717) is 5.92 Å². The molecule has 1 fully saturated rings. The Morgan fingerprint density at radius 2 is 1.80 bits per heavy atom. The number of likely N-dealkylation sites (tertiary alicyclic amines) is 1. The molecular weight excluding hydrogens is 193 g/mol. The highest BCUT2D eigenvalue weighted by Crippen LogP contribution is 2.27. The quantitative estimate of drug-likeness (QED) is 0.680. The lowest BCUT2D eigenvalue weighted by molar-refractivity contribution is -0.119. The number of halogens is 1. The minimum atomic E-state index is -0.191. The van der Waals surface area contributed by atoms with Crippen LogP contribution in [0.5, 0.6) is 0 Å². The zero-order valence-electron chi connectivity index (χ0n) is 8.53. The van der Waals surface area contributed by atoms with E-state index in [1.165, 1.54) is 17.7 Å². The maximum absolute atomic E-state index is 12.7. The van der Waals surface area contributed by atoms with Crippen molar-refractivity contribution < 1.29 is 9.18 Å². The first-order chi connectivity index (χ1) is 7.29. The number of hydrogen-bond acceptors (Lipinski definition) is 1. The SMILES string of the molecule is O=CN1CCC(c2ccc(F)cc2)CC1. The molecule has 1 amide bonds. The highest BCUT2D eigenvalue weighted by atomic mass is 19.1. The first-order valence-corrected chi connectivity index (χ1v) is 5.24. The van der Waals surface area contributed by atoms with Crippen molar-refractivity contribution in [2.24, 2.45) is 0 Å². The third-order valence-electron chi connectivity index (χ3n) is 3.02. The largest absolute Gasteiger partial charge is 0.345 e. The number of rotatable bonds is 2. The molecule has 15 heavy (non-hydrogen) atoms. The zero-order valence-corrected chi connectivity index (χ0v) is 8.53. The second-order valence-electron chi connectivity index (χ2n) is 3.97. The number of carbonyl (C=O) groups is 1. The van der Waals surface area contributed by atoms with E-state index < -0.39 is 0 Å². The van der Waals surface area contributed by atoms with Crippen LogP contribution in [0.3, 0.4) is 0 Å². The summed E-state index contributed by atoms with van der Waals surface area (Å²) in [5.41, 5.74) is 1.18. The molecular formula is C12H14FNO. The summed E-state index contributed by atoms with van der Waals surface area (Å²) in [7, 11) is 0. The third-order valence-corrected chi connectivity index (χ3v) is 3.02. The molecule has 0 N–H and O–H groups in total. The summed E-state index contributed by atoms with van der Waals surface area (Å²) in [6, 6.07) is 6.69. The summed E-state index contributed by atoms with van der Waals surface area (Å²) in [6.45, 7) is 1.62. The predicted octanol–water partition coefficient (Wildman–Crippen LogP) is 2.16. The van der Waals surface area contributed by atoms with Crippen molar-refractivity contribution in [1.29, 1.82) is 0 Å². The molecule has 1 aromatic rings. The lowest BCUT2D eigenvalue weighted by atomic mass is 9.90. The van der Waals surface area contributed by atoms with E-state index in [1.54, 1.807) is 4.90 Å². The number of amides is 1. The van der Waals surface area contributed by atoms with Gasteiger partial charge in [-0.25, -0.2) is 4.39 Å². The Kier molecular flexibility index (Phi) is 2.99. The van der Waals surface area contributed by atoms with Crippen molar-refractivity contribution >= 4 is 6.41 Å². The number of nitrogens with zero attached hydrogens (tertiary/aromatic N) is 1. The Morgan fingerprint density at radius 3 is 2.33 bits per heavy atom. The lowest BCUT2D eigenvalue weighted by Crippen LogP contribution is -2.31. The second-order valence-corrected chi connectivity index (χ2v) is 3.97. The van der Waals surface area contributed by atoms with Crippen molar-refractivity contribution in [3.8, 4) is 0 Å². The maximum Gasteiger partial charge on any atom is 0.209 e. The van der Waals surface area contributed by atoms with Gasteiger partial charge in [-0.05, 0) is 36.5 Å². The molecule has 2 rings (SSSR count). The first kappa shape index (κ1) is 10.1. The maximum atomic E-state index is 12.7. The molecule has 0 spiro atoms. The molecule has 2 nitrogen and oxygen atoms in total. The number of carbonyl (C=O) groups excluding carboxylic acids is 1. The van der Waals surface area contributed by atoms with E-state index in [0.717, 1.165) is 32.3 Å². The summed E-state index contributed by atoms with van der Waals surface area (Å²) in [5, 5.41) is 0. The first-order valence-electron chi connectivity index (χ1n) is 5.24. The minimum Gasteiger partial charge on any atom is -0.345 e. The number of hydrogen-bond donors (Lipinski definition) is 0. The van der Waals surface area contributed by atoms with E-state index in [2.05, 4.69) is 0 Å². The third kappa shape index (κ3) is 2.35. The molecule has 0 aromatic heterocycles. The van der Waals surface area contributed by atoms with Crippen LogP contribution in [-0.4, -0.2) is 24.4 Å². The van der Waals surface area contributed by atoms with Crippen LogP contribution in [-0.2, 0) is 4.79 Å². The van der Waals surface area contributed by atoms with Crippen LogP contribution >= 0.6 is 0 Å². The van der Waals surface area contributed by atoms with E-state index >= 15 is 0 Å². The molecule has 0 aliphatic carbocycles. The standard InChI is InChI=1S/C12H14FNO/c13-12-3-1-10(2-4-12)11-5-7-14(9-15)8-6-11/h1-4,9,11H,5-8H2. The highest BCUT2D eigenvalue weighted by Gasteiger charge is 2.19. The van der Waals surface area contributed by atoms with Crippen molar-refractivity contribution in [2.45, 2.75) is 18.8 Å². The Hall–Kier alpha value is -1.38. The number of benzene rings is 1. The van der Waals surface area contributed by atoms with Gasteiger partial charge in [0, 0.05) is 13.1 Å². The average Bonchev–Trinajstić information content (AvgIpc) is 2.30. The molecule has 0 bridgehead atoms. The van der Waals surface area contributed by atoms with Crippen molar-refractivity contribution in [1.82, 2.24) is 4.90 Å². The smallest absolute Gasteiger partial charge is 0.209 e. The van der Waals surface area contributed by atoms with Gasteiger partial charge < -0.3 is 4.90 Å². The zero-order chi connectivity index (χ0) is 10.7. The summed E-state index contributed by atoms with van der Waals surface area (Å²) >= 11 is 0. The van der Waals surface area contributed by atoms with Crippen molar-refractivity contribution in [2.75, 3.05) is 13.1 Å². The Bertz CT molecular complexity index is 328. The van der Waals surface area contributed by atoms with Crippen LogP contribution in [0.4, 0.5) is 4.39 Å². The van der Waals surface area contributed by atoms with E-state index in [9.17, 15) is 9.18 Å². The second kappa shape index (κ2) is 4.43. The molecule has 1 aliphatic rings. The highest BCUT2D eigenvalue weighted by molar-refractivity contribution is 5.47. The molecule has 0 saturated carbocycles. The van der Waals surface area contributed by atoms with Crippen LogP contribution in [0.2, 0.25) is 0 Å². The lowest BCUT2D eigenvalue weighted by Gasteiger charge is -2.29. The molecule has 0 unspecified atom stereocenters. The van der Waals surface area contributed by atoms with Gasteiger partial charge in [0.25, 0.3) is 0 Å². The van der Waals surface area contributed by atoms with Gasteiger partial charge in [-0.3, -0.25) is 4.79 Å². The fourth-order valence-corrected chi connectivity index (χ4v) is 2.07. The minimum absolute atomic E-state index is 0.191. The molecule has 3 heteroatoms. The predicted molar refractivity (Wildman–Crippen MR) is 56.0 cm³/mol. The number of piperidine rings is 1. The van der Waals surface area contributed by atoms with E-state index in [4.69, 9.17) is 0 Å². The van der Waals surface area contributed by atoms with Gasteiger partial charge in [-0.2, -0.15) is 0 Å². The van der Waals surface area contributed by atoms with Crippen LogP contribution in [0.25, 0.3) is 0 Å². The van der Waals surface area contributed by atoms with Crippen LogP contribution < -0.4 is 0 Å². The van der Waals surface area contributed by atoms with Crippen molar-refractivity contribution in [3.63, 3.8) is 0 Å². The topological polar surface area (TPSA) is 20.3 Å². The molecule has 0 radical (unpaired) electrons. The normalized spacial score (nSPS) is 17.8. The van der Waals surface area contributed by atoms with Crippen LogP contribution in [0.15, 0.2) is 24.3 Å². The summed E-state index contributed by atoms with van der Waals surface area (Å²) in [6.07, 6.45) is 2.86. The van der Waals surface area contributed by atoms with Gasteiger partial charge in [0.15, 0.2) is 0 Å². The molecule has 1 heterocycles. The van der Waals surface area contributed by atoms with Crippen molar-refractivity contribution in [3.05, 3.63) is 35.6 Å². The monoisotopic (exact) mass is 207 g/mol. The Labute approximate surface area is 88.7 Å². The van der Waals surface area contributed by atoms with Gasteiger partial charge in [-0.1, -0.05) is 12.1 Å². The van der Waals surface area contributed by atoms with Gasteiger partial charge in [0.1, 0.15) is 5.82 Å². The molecule has 1 aliphatic heterocycles. The van der Waals surface area contributed by atoms with E-state index in [-0.39, 0.29) is 5.82 Å².